The van der Waals surface area contributed by atoms with Crippen LogP contribution in [0.2, 0.25) is 0 Å². The third-order valence-electron chi connectivity index (χ3n) is 5.14. The molecule has 0 N–H and O–H groups in total. The molecule has 1 saturated heterocycles. The van der Waals surface area contributed by atoms with Crippen LogP contribution in [0.15, 0.2) is 48.5 Å². The van der Waals surface area contributed by atoms with Crippen molar-refractivity contribution in [3.05, 3.63) is 64.9 Å². The molecule has 3 aromatic rings. The minimum absolute atomic E-state index is 0.224. The quantitative estimate of drug-likeness (QED) is 0.675. The summed E-state index contributed by atoms with van der Waals surface area (Å²) >= 11 is 1.36. The Bertz CT molecular complexity index is 1000. The first-order chi connectivity index (χ1) is 13.1. The second-order valence-corrected chi connectivity index (χ2v) is 7.71. The van der Waals surface area contributed by atoms with Crippen molar-refractivity contribution in [3.63, 3.8) is 0 Å². The molecule has 0 saturated carbocycles. The van der Waals surface area contributed by atoms with Gasteiger partial charge in [0, 0.05) is 13.2 Å². The number of Topliss-reactive ketones (excluding diaryl/α,β-unsaturated/α-hetero) is 1. The zero-order valence-corrected chi connectivity index (χ0v) is 15.3. The number of para-hydroxylation sites is 1. The van der Waals surface area contributed by atoms with Crippen LogP contribution in [0.1, 0.15) is 29.3 Å². The lowest BCUT2D eigenvalue weighted by Crippen LogP contribution is -2.43. The molecule has 136 valence electrons. The number of fused-ring (bicyclic) bond motifs is 1. The Morgan fingerprint density at radius 2 is 2.00 bits per heavy atom. The third kappa shape index (κ3) is 3.14. The maximum atomic E-state index is 13.9. The van der Waals surface area contributed by atoms with Gasteiger partial charge < -0.3 is 4.74 Å². The highest BCUT2D eigenvalue weighted by Gasteiger charge is 2.46. The number of ether oxygens (including phenoxy) is 1. The number of nitriles is 1. The first kappa shape index (κ1) is 17.8. The van der Waals surface area contributed by atoms with E-state index in [1.165, 1.54) is 23.5 Å². The smallest absolute Gasteiger partial charge is 0.167 e. The summed E-state index contributed by atoms with van der Waals surface area (Å²) in [6.07, 6.45) is 0.858. The second-order valence-electron chi connectivity index (χ2n) is 6.65. The number of hydrogen-bond donors (Lipinski definition) is 0. The Labute approximate surface area is 160 Å². The Morgan fingerprint density at radius 3 is 2.70 bits per heavy atom. The fraction of sp³-hybridized carbons (Fsp3) is 0.286. The molecule has 2 aromatic carbocycles. The molecule has 1 aromatic heterocycles. The molecule has 1 fully saturated rings. The average molecular weight is 380 g/mol. The number of halogens is 1. The van der Waals surface area contributed by atoms with Gasteiger partial charge in [0.1, 0.15) is 10.8 Å². The highest BCUT2D eigenvalue weighted by Crippen LogP contribution is 2.41. The molecule has 0 radical (unpaired) electrons. The summed E-state index contributed by atoms with van der Waals surface area (Å²) < 4.78 is 20.3. The Kier molecular flexibility index (Phi) is 4.73. The molecular formula is C21H17FN2O2S. The lowest BCUT2D eigenvalue weighted by atomic mass is 9.68. The summed E-state index contributed by atoms with van der Waals surface area (Å²) in [6, 6.07) is 15.8. The van der Waals surface area contributed by atoms with Gasteiger partial charge in [-0.3, -0.25) is 4.79 Å². The lowest BCUT2D eigenvalue weighted by Gasteiger charge is -2.37. The first-order valence-corrected chi connectivity index (χ1v) is 9.59. The van der Waals surface area contributed by atoms with Gasteiger partial charge in [-0.2, -0.15) is 5.26 Å². The molecule has 0 amide bonds. The van der Waals surface area contributed by atoms with Crippen LogP contribution in [0.5, 0.6) is 0 Å². The fourth-order valence-electron chi connectivity index (χ4n) is 3.70. The summed E-state index contributed by atoms with van der Waals surface area (Å²) in [5.74, 6) is -1.60. The van der Waals surface area contributed by atoms with E-state index in [2.05, 4.69) is 11.1 Å². The van der Waals surface area contributed by atoms with E-state index in [1.807, 2.05) is 24.3 Å². The zero-order chi connectivity index (χ0) is 18.9. The standard InChI is InChI=1S/C21H17FN2O2S/c22-15-5-3-4-14(12-15)21(8-10-26-11-9-21)19(25)16(13-23)20-24-17-6-1-2-7-18(17)27-20/h1-7,12,16H,8-11H2. The van der Waals surface area contributed by atoms with Gasteiger partial charge >= 0.3 is 0 Å². The largest absolute Gasteiger partial charge is 0.381 e. The number of benzene rings is 2. The average Bonchev–Trinajstić information content (AvgIpc) is 3.12. The van der Waals surface area contributed by atoms with Gasteiger partial charge in [-0.1, -0.05) is 24.3 Å². The Hall–Kier alpha value is -2.62. The van der Waals surface area contributed by atoms with Crippen molar-refractivity contribution in [3.8, 4) is 6.07 Å². The molecule has 0 bridgehead atoms. The van der Waals surface area contributed by atoms with E-state index >= 15 is 0 Å². The van der Waals surface area contributed by atoms with Crippen LogP contribution in [0.4, 0.5) is 4.39 Å². The van der Waals surface area contributed by atoms with Gasteiger partial charge in [0.25, 0.3) is 0 Å². The van der Waals surface area contributed by atoms with Crippen molar-refractivity contribution in [2.75, 3.05) is 13.2 Å². The number of aromatic nitrogens is 1. The van der Waals surface area contributed by atoms with E-state index in [4.69, 9.17) is 4.74 Å². The number of nitrogens with zero attached hydrogens (tertiary/aromatic N) is 2. The van der Waals surface area contributed by atoms with Gasteiger partial charge in [-0.05, 0) is 42.7 Å². The van der Waals surface area contributed by atoms with Crippen LogP contribution in [-0.4, -0.2) is 24.0 Å². The summed E-state index contributed by atoms with van der Waals surface area (Å²) in [5.41, 5.74) is 0.452. The van der Waals surface area contributed by atoms with Gasteiger partial charge in [0.05, 0.1) is 21.7 Å². The number of ketones is 1. The molecule has 1 aliphatic rings. The maximum Gasteiger partial charge on any atom is 0.167 e. The van der Waals surface area contributed by atoms with Crippen molar-refractivity contribution in [2.24, 2.45) is 0 Å². The van der Waals surface area contributed by atoms with Crippen molar-refractivity contribution in [2.45, 2.75) is 24.2 Å². The molecule has 2 heterocycles. The van der Waals surface area contributed by atoms with Gasteiger partial charge in [0.2, 0.25) is 0 Å². The van der Waals surface area contributed by atoms with Crippen LogP contribution >= 0.6 is 11.3 Å². The number of carbonyl (C=O) groups is 1. The summed E-state index contributed by atoms with van der Waals surface area (Å²) in [4.78, 5) is 18.1. The summed E-state index contributed by atoms with van der Waals surface area (Å²) in [6.45, 7) is 0.806. The van der Waals surface area contributed by atoms with E-state index in [1.54, 1.807) is 12.1 Å². The van der Waals surface area contributed by atoms with Gasteiger partial charge in [-0.25, -0.2) is 9.37 Å². The van der Waals surface area contributed by atoms with Crippen molar-refractivity contribution >= 4 is 27.3 Å². The number of carbonyl (C=O) groups excluding carboxylic acids is 1. The zero-order valence-electron chi connectivity index (χ0n) is 14.5. The molecule has 1 atom stereocenters. The van der Waals surface area contributed by atoms with E-state index in [9.17, 15) is 14.4 Å². The van der Waals surface area contributed by atoms with E-state index in [0.29, 0.717) is 36.6 Å². The van der Waals surface area contributed by atoms with E-state index < -0.39 is 11.3 Å². The molecule has 27 heavy (non-hydrogen) atoms. The lowest BCUT2D eigenvalue weighted by molar-refractivity contribution is -0.128. The molecule has 6 heteroatoms. The normalized spacial score (nSPS) is 17.3. The minimum atomic E-state index is -0.983. The van der Waals surface area contributed by atoms with E-state index in [-0.39, 0.29) is 11.6 Å². The number of thiazole rings is 1. The molecular weight excluding hydrogens is 363 g/mol. The monoisotopic (exact) mass is 380 g/mol. The molecule has 1 unspecified atom stereocenters. The predicted octanol–water partition coefficient (Wildman–Crippen LogP) is 4.36. The molecule has 0 aliphatic carbocycles. The van der Waals surface area contributed by atoms with Gasteiger partial charge in [-0.15, -0.1) is 11.3 Å². The summed E-state index contributed by atoms with van der Waals surface area (Å²) in [7, 11) is 0. The van der Waals surface area contributed by atoms with Crippen molar-refractivity contribution < 1.29 is 13.9 Å². The van der Waals surface area contributed by atoms with Crippen LogP contribution in [-0.2, 0) is 14.9 Å². The van der Waals surface area contributed by atoms with Crippen molar-refractivity contribution in [1.82, 2.24) is 4.98 Å². The minimum Gasteiger partial charge on any atom is -0.381 e. The number of rotatable bonds is 4. The highest BCUT2D eigenvalue weighted by atomic mass is 32.1. The second kappa shape index (κ2) is 7.18. The van der Waals surface area contributed by atoms with E-state index in [0.717, 1.165) is 10.2 Å². The Morgan fingerprint density at radius 1 is 1.22 bits per heavy atom. The molecule has 0 spiro atoms. The molecule has 4 rings (SSSR count). The summed E-state index contributed by atoms with van der Waals surface area (Å²) in [5, 5.41) is 10.3. The first-order valence-electron chi connectivity index (χ1n) is 8.77. The van der Waals surface area contributed by atoms with Crippen LogP contribution < -0.4 is 0 Å². The third-order valence-corrected chi connectivity index (χ3v) is 6.25. The molecule has 4 nitrogen and oxygen atoms in total. The van der Waals surface area contributed by atoms with Crippen LogP contribution in [0, 0.1) is 17.1 Å². The van der Waals surface area contributed by atoms with Crippen LogP contribution in [0.25, 0.3) is 10.2 Å². The van der Waals surface area contributed by atoms with Crippen molar-refractivity contribution in [1.29, 1.82) is 5.26 Å². The topological polar surface area (TPSA) is 63.0 Å². The highest BCUT2D eigenvalue weighted by molar-refractivity contribution is 7.18. The Balaban J connectivity index is 1.79. The maximum absolute atomic E-state index is 13.9. The SMILES string of the molecule is N#CC(C(=O)C1(c2cccc(F)c2)CCOCC1)c1nc2ccccc2s1. The predicted molar refractivity (Wildman–Crippen MR) is 101 cm³/mol. The van der Waals surface area contributed by atoms with Gasteiger partial charge in [0.15, 0.2) is 11.7 Å². The van der Waals surface area contributed by atoms with Crippen LogP contribution in [0.3, 0.4) is 0 Å². The number of hydrogen-bond acceptors (Lipinski definition) is 5. The fourth-order valence-corrected chi connectivity index (χ4v) is 4.71. The molecule has 1 aliphatic heterocycles.